The molecule has 0 atom stereocenters. The Hall–Kier alpha value is -1.94. The number of aliphatic carboxylic acids is 1. The van der Waals surface area contributed by atoms with Gasteiger partial charge in [0.05, 0.1) is 5.69 Å². The lowest BCUT2D eigenvalue weighted by molar-refractivity contribution is -0.131. The fourth-order valence-corrected chi connectivity index (χ4v) is 2.03. The van der Waals surface area contributed by atoms with E-state index >= 15 is 0 Å². The van der Waals surface area contributed by atoms with Crippen molar-refractivity contribution in [2.24, 2.45) is 0 Å². The van der Waals surface area contributed by atoms with E-state index in [1.165, 1.54) is 17.4 Å². The average molecular weight is 231 g/mol. The van der Waals surface area contributed by atoms with E-state index in [1.54, 1.807) is 0 Å². The van der Waals surface area contributed by atoms with Gasteiger partial charge in [-0.05, 0) is 6.08 Å². The van der Waals surface area contributed by atoms with E-state index in [-0.39, 0.29) is 0 Å². The van der Waals surface area contributed by atoms with E-state index in [0.717, 1.165) is 16.6 Å². The molecule has 1 N–H and O–H groups in total. The maximum atomic E-state index is 10.3. The van der Waals surface area contributed by atoms with E-state index in [2.05, 4.69) is 4.98 Å². The Morgan fingerprint density at radius 1 is 1.31 bits per heavy atom. The van der Waals surface area contributed by atoms with Gasteiger partial charge in [0, 0.05) is 17.0 Å². The smallest absolute Gasteiger partial charge is 0.328 e. The van der Waals surface area contributed by atoms with Crippen molar-refractivity contribution in [1.82, 2.24) is 4.98 Å². The van der Waals surface area contributed by atoms with Crippen molar-refractivity contribution >= 4 is 23.4 Å². The largest absolute Gasteiger partial charge is 0.478 e. The van der Waals surface area contributed by atoms with Gasteiger partial charge in [-0.3, -0.25) is 0 Å². The average Bonchev–Trinajstić information content (AvgIpc) is 2.76. The number of benzene rings is 1. The van der Waals surface area contributed by atoms with Crippen LogP contribution in [0.4, 0.5) is 0 Å². The normalized spacial score (nSPS) is 10.8. The highest BCUT2D eigenvalue weighted by molar-refractivity contribution is 7.13. The lowest BCUT2D eigenvalue weighted by Crippen LogP contribution is -1.85. The number of thiazole rings is 1. The van der Waals surface area contributed by atoms with Crippen LogP contribution in [-0.4, -0.2) is 16.1 Å². The van der Waals surface area contributed by atoms with Gasteiger partial charge in [-0.15, -0.1) is 11.3 Å². The third-order valence-electron chi connectivity index (χ3n) is 1.94. The molecule has 80 valence electrons. The molecule has 0 amide bonds. The molecular formula is C12H9NO2S. The van der Waals surface area contributed by atoms with E-state index < -0.39 is 5.97 Å². The quantitative estimate of drug-likeness (QED) is 0.826. The molecule has 16 heavy (non-hydrogen) atoms. The van der Waals surface area contributed by atoms with Crippen molar-refractivity contribution in [3.05, 3.63) is 47.5 Å². The molecular weight excluding hydrogens is 222 g/mol. The summed E-state index contributed by atoms with van der Waals surface area (Å²) in [6, 6.07) is 9.79. The minimum absolute atomic E-state index is 0.672. The van der Waals surface area contributed by atoms with Crippen molar-refractivity contribution in [2.45, 2.75) is 0 Å². The molecule has 2 aromatic rings. The first-order valence-electron chi connectivity index (χ1n) is 4.67. The third-order valence-corrected chi connectivity index (χ3v) is 2.85. The first kappa shape index (κ1) is 10.6. The number of nitrogens with zero attached hydrogens (tertiary/aromatic N) is 1. The van der Waals surface area contributed by atoms with Crippen LogP contribution in [0.15, 0.2) is 41.8 Å². The first-order chi connectivity index (χ1) is 7.75. The van der Waals surface area contributed by atoms with Crippen molar-refractivity contribution in [2.75, 3.05) is 0 Å². The molecule has 2 rings (SSSR count). The molecule has 1 heterocycles. The van der Waals surface area contributed by atoms with Gasteiger partial charge < -0.3 is 5.11 Å². The maximum absolute atomic E-state index is 10.3. The number of aromatic nitrogens is 1. The van der Waals surface area contributed by atoms with Crippen LogP contribution in [0.2, 0.25) is 0 Å². The summed E-state index contributed by atoms with van der Waals surface area (Å²) in [5, 5.41) is 11.2. The minimum atomic E-state index is -0.964. The first-order valence-corrected chi connectivity index (χ1v) is 5.55. The molecule has 0 radical (unpaired) electrons. The Kier molecular flexibility index (Phi) is 3.12. The zero-order valence-electron chi connectivity index (χ0n) is 8.33. The Morgan fingerprint density at radius 2 is 2.06 bits per heavy atom. The fraction of sp³-hybridized carbons (Fsp3) is 0. The molecule has 0 saturated carbocycles. The summed E-state index contributed by atoms with van der Waals surface area (Å²) in [7, 11) is 0. The van der Waals surface area contributed by atoms with Crippen molar-refractivity contribution in [1.29, 1.82) is 0 Å². The number of rotatable bonds is 3. The van der Waals surface area contributed by atoms with Crippen LogP contribution in [0, 0.1) is 0 Å². The third kappa shape index (κ3) is 2.55. The number of hydrogen-bond acceptors (Lipinski definition) is 3. The topological polar surface area (TPSA) is 50.2 Å². The standard InChI is InChI=1S/C12H9NO2S/c14-11(15)7-6-10-8-16-12(13-10)9-4-2-1-3-5-9/h1-8H,(H,14,15). The van der Waals surface area contributed by atoms with Crippen LogP contribution in [0.5, 0.6) is 0 Å². The molecule has 4 heteroatoms. The molecule has 0 aliphatic rings. The van der Waals surface area contributed by atoms with Crippen LogP contribution in [0.3, 0.4) is 0 Å². The highest BCUT2D eigenvalue weighted by atomic mass is 32.1. The molecule has 1 aromatic carbocycles. The Balaban J connectivity index is 2.23. The van der Waals surface area contributed by atoms with Crippen LogP contribution in [-0.2, 0) is 4.79 Å². The lowest BCUT2D eigenvalue weighted by Gasteiger charge is -1.92. The number of carbonyl (C=O) groups is 1. The molecule has 0 fully saturated rings. The van der Waals surface area contributed by atoms with Crippen LogP contribution < -0.4 is 0 Å². The molecule has 1 aromatic heterocycles. The van der Waals surface area contributed by atoms with Gasteiger partial charge in [0.1, 0.15) is 5.01 Å². The maximum Gasteiger partial charge on any atom is 0.328 e. The fourth-order valence-electron chi connectivity index (χ4n) is 1.23. The lowest BCUT2D eigenvalue weighted by atomic mass is 10.2. The van der Waals surface area contributed by atoms with Gasteiger partial charge in [-0.2, -0.15) is 0 Å². The Bertz CT molecular complexity index is 517. The summed E-state index contributed by atoms with van der Waals surface area (Å²) in [6.45, 7) is 0. The highest BCUT2D eigenvalue weighted by Gasteiger charge is 2.01. The molecule has 0 spiro atoms. The molecule has 3 nitrogen and oxygen atoms in total. The monoisotopic (exact) mass is 231 g/mol. The number of carboxylic acid groups (broad SMARTS) is 1. The van der Waals surface area contributed by atoms with Crippen LogP contribution in [0.25, 0.3) is 16.6 Å². The summed E-state index contributed by atoms with van der Waals surface area (Å²) in [5.74, 6) is -0.964. The summed E-state index contributed by atoms with van der Waals surface area (Å²) in [5.41, 5.74) is 1.72. The zero-order chi connectivity index (χ0) is 11.4. The zero-order valence-corrected chi connectivity index (χ0v) is 9.15. The van der Waals surface area contributed by atoms with E-state index in [1.807, 2.05) is 35.7 Å². The van der Waals surface area contributed by atoms with Crippen LogP contribution in [0.1, 0.15) is 5.69 Å². The van der Waals surface area contributed by atoms with Gasteiger partial charge >= 0.3 is 5.97 Å². The van der Waals surface area contributed by atoms with Gasteiger partial charge in [0.15, 0.2) is 0 Å². The number of carboxylic acids is 1. The number of hydrogen-bond donors (Lipinski definition) is 1. The van der Waals surface area contributed by atoms with E-state index in [0.29, 0.717) is 5.69 Å². The second-order valence-corrected chi connectivity index (χ2v) is 3.97. The second-order valence-electron chi connectivity index (χ2n) is 3.12. The second kappa shape index (κ2) is 4.72. The summed E-state index contributed by atoms with van der Waals surface area (Å²) in [4.78, 5) is 14.7. The van der Waals surface area contributed by atoms with E-state index in [9.17, 15) is 4.79 Å². The minimum Gasteiger partial charge on any atom is -0.478 e. The van der Waals surface area contributed by atoms with Gasteiger partial charge in [-0.25, -0.2) is 9.78 Å². The summed E-state index contributed by atoms with van der Waals surface area (Å²) >= 11 is 1.50. The highest BCUT2D eigenvalue weighted by Crippen LogP contribution is 2.23. The molecule has 0 saturated heterocycles. The van der Waals surface area contributed by atoms with Gasteiger partial charge in [0.2, 0.25) is 0 Å². The van der Waals surface area contributed by atoms with Crippen molar-refractivity contribution in [3.8, 4) is 10.6 Å². The molecule has 0 unspecified atom stereocenters. The predicted molar refractivity (Wildman–Crippen MR) is 64.2 cm³/mol. The SMILES string of the molecule is O=C(O)C=Cc1csc(-c2ccccc2)n1. The summed E-state index contributed by atoms with van der Waals surface area (Å²) < 4.78 is 0. The molecule has 0 aliphatic heterocycles. The van der Waals surface area contributed by atoms with E-state index in [4.69, 9.17) is 5.11 Å². The Morgan fingerprint density at radius 3 is 2.75 bits per heavy atom. The summed E-state index contributed by atoms with van der Waals surface area (Å²) in [6.07, 6.45) is 2.58. The Labute approximate surface area is 96.7 Å². The molecule has 0 bridgehead atoms. The predicted octanol–water partition coefficient (Wildman–Crippen LogP) is 2.91. The van der Waals surface area contributed by atoms with Crippen LogP contribution >= 0.6 is 11.3 Å². The van der Waals surface area contributed by atoms with Crippen molar-refractivity contribution in [3.63, 3.8) is 0 Å². The molecule has 0 aliphatic carbocycles. The van der Waals surface area contributed by atoms with Crippen molar-refractivity contribution < 1.29 is 9.90 Å². The van der Waals surface area contributed by atoms with Gasteiger partial charge in [0.25, 0.3) is 0 Å². The van der Waals surface area contributed by atoms with Gasteiger partial charge in [-0.1, -0.05) is 30.3 Å².